The molecule has 0 saturated carbocycles. The van der Waals surface area contributed by atoms with Gasteiger partial charge in [0.15, 0.2) is 0 Å². The molecule has 5 nitrogen and oxygen atoms in total. The summed E-state index contributed by atoms with van der Waals surface area (Å²) >= 11 is 1.67. The van der Waals surface area contributed by atoms with Crippen LogP contribution in [0.25, 0.3) is 21.3 Å². The normalized spacial score (nSPS) is 15.2. The molecule has 0 bridgehead atoms. The molecule has 1 aliphatic rings. The number of benzene rings is 2. The van der Waals surface area contributed by atoms with E-state index >= 15 is 0 Å². The minimum atomic E-state index is 0.326. The highest BCUT2D eigenvalue weighted by atomic mass is 32.1. The number of methoxy groups -OCH3 is 1. The number of hydrogen-bond acceptors (Lipinski definition) is 6. The molecule has 32 heavy (non-hydrogen) atoms. The highest BCUT2D eigenvalue weighted by molar-refractivity contribution is 7.17. The van der Waals surface area contributed by atoms with E-state index in [2.05, 4.69) is 58.1 Å². The molecule has 2 aromatic carbocycles. The van der Waals surface area contributed by atoms with E-state index in [0.29, 0.717) is 6.04 Å². The summed E-state index contributed by atoms with van der Waals surface area (Å²) in [6.45, 7) is 5.07. The second-order valence-electron chi connectivity index (χ2n) is 8.23. The van der Waals surface area contributed by atoms with Crippen molar-refractivity contribution in [3.8, 4) is 16.9 Å². The number of aromatic nitrogens is 2. The summed E-state index contributed by atoms with van der Waals surface area (Å²) in [7, 11) is 1.69. The number of likely N-dealkylation sites (tertiary alicyclic amines) is 1. The van der Waals surface area contributed by atoms with Crippen molar-refractivity contribution in [1.29, 1.82) is 0 Å². The number of hydrogen-bond donors (Lipinski definition) is 1. The van der Waals surface area contributed by atoms with Crippen molar-refractivity contribution in [3.05, 3.63) is 71.4 Å². The van der Waals surface area contributed by atoms with Crippen LogP contribution in [0.4, 0.5) is 5.82 Å². The number of nitrogens with one attached hydrogen (secondary N) is 1. The Hall–Kier alpha value is -2.96. The van der Waals surface area contributed by atoms with E-state index in [9.17, 15) is 0 Å². The maximum absolute atomic E-state index is 5.33. The first-order chi connectivity index (χ1) is 15.7. The monoisotopic (exact) mass is 444 g/mol. The summed E-state index contributed by atoms with van der Waals surface area (Å²) in [6.07, 6.45) is 2.54. The molecule has 1 aliphatic heterocycles. The van der Waals surface area contributed by atoms with Crippen LogP contribution in [-0.2, 0) is 0 Å². The fourth-order valence-electron chi connectivity index (χ4n) is 4.54. The van der Waals surface area contributed by atoms with Crippen molar-refractivity contribution in [2.45, 2.75) is 25.8 Å². The van der Waals surface area contributed by atoms with E-state index in [1.54, 1.807) is 18.4 Å². The van der Waals surface area contributed by atoms with Gasteiger partial charge in [0.1, 0.15) is 22.2 Å². The second-order valence-corrected chi connectivity index (χ2v) is 9.09. The SMILES string of the molecule is COc1ccc(-c2csc3nc(C)nc(NCC(c4ccccc4)N4CCCC4)c23)cc1. The van der Waals surface area contributed by atoms with Crippen molar-refractivity contribution >= 4 is 27.4 Å². The molecular formula is C26H28N4OS. The molecule has 0 aliphatic carbocycles. The average molecular weight is 445 g/mol. The van der Waals surface area contributed by atoms with Crippen molar-refractivity contribution < 1.29 is 4.74 Å². The number of aryl methyl sites for hydroxylation is 1. The molecule has 6 heteroatoms. The topological polar surface area (TPSA) is 50.3 Å². The molecule has 164 valence electrons. The number of rotatable bonds is 7. The van der Waals surface area contributed by atoms with Gasteiger partial charge >= 0.3 is 0 Å². The fraction of sp³-hybridized carbons (Fsp3) is 0.308. The van der Waals surface area contributed by atoms with Crippen LogP contribution >= 0.6 is 11.3 Å². The molecule has 1 N–H and O–H groups in total. The average Bonchev–Trinajstić information content (AvgIpc) is 3.50. The van der Waals surface area contributed by atoms with Crippen LogP contribution in [0.5, 0.6) is 5.75 Å². The van der Waals surface area contributed by atoms with E-state index in [-0.39, 0.29) is 0 Å². The van der Waals surface area contributed by atoms with E-state index in [1.807, 2.05) is 19.1 Å². The second kappa shape index (κ2) is 9.27. The van der Waals surface area contributed by atoms with Crippen LogP contribution in [0.15, 0.2) is 60.0 Å². The zero-order valence-corrected chi connectivity index (χ0v) is 19.4. The number of ether oxygens (including phenoxy) is 1. The lowest BCUT2D eigenvalue weighted by Crippen LogP contribution is -2.31. The van der Waals surface area contributed by atoms with Crippen LogP contribution in [0, 0.1) is 6.92 Å². The van der Waals surface area contributed by atoms with Crippen molar-refractivity contribution in [1.82, 2.24) is 14.9 Å². The smallest absolute Gasteiger partial charge is 0.139 e. The first-order valence-corrected chi connectivity index (χ1v) is 12.0. The first kappa shape index (κ1) is 20.9. The maximum atomic E-state index is 5.33. The van der Waals surface area contributed by atoms with E-state index in [0.717, 1.165) is 58.4 Å². The number of thiophene rings is 1. The first-order valence-electron chi connectivity index (χ1n) is 11.2. The molecule has 0 amide bonds. The summed E-state index contributed by atoms with van der Waals surface area (Å²) < 4.78 is 5.33. The zero-order valence-electron chi connectivity index (χ0n) is 18.5. The molecule has 1 atom stereocenters. The Morgan fingerprint density at radius 3 is 2.50 bits per heavy atom. The Balaban J connectivity index is 1.49. The summed E-state index contributed by atoms with van der Waals surface area (Å²) in [6, 6.07) is 19.3. The van der Waals surface area contributed by atoms with Gasteiger partial charge < -0.3 is 10.1 Å². The molecule has 3 heterocycles. The van der Waals surface area contributed by atoms with Crippen LogP contribution in [-0.4, -0.2) is 41.6 Å². The van der Waals surface area contributed by atoms with Crippen molar-refractivity contribution in [3.63, 3.8) is 0 Å². The number of fused-ring (bicyclic) bond motifs is 1. The summed E-state index contributed by atoms with van der Waals surface area (Å²) in [5.74, 6) is 2.57. The largest absolute Gasteiger partial charge is 0.497 e. The highest BCUT2D eigenvalue weighted by Crippen LogP contribution is 2.38. The lowest BCUT2D eigenvalue weighted by Gasteiger charge is -2.28. The Bertz CT molecular complexity index is 1180. The third-order valence-corrected chi connectivity index (χ3v) is 7.05. The van der Waals surface area contributed by atoms with Crippen LogP contribution < -0.4 is 10.1 Å². The molecular weight excluding hydrogens is 416 g/mol. The van der Waals surface area contributed by atoms with Crippen LogP contribution in [0.3, 0.4) is 0 Å². The molecule has 2 aromatic heterocycles. The van der Waals surface area contributed by atoms with Gasteiger partial charge in [-0.1, -0.05) is 42.5 Å². The summed E-state index contributed by atoms with van der Waals surface area (Å²) in [5.41, 5.74) is 3.66. The van der Waals surface area contributed by atoms with Gasteiger partial charge in [-0.15, -0.1) is 11.3 Å². The number of nitrogens with zero attached hydrogens (tertiary/aromatic N) is 3. The molecule has 1 fully saturated rings. The Labute approximate surface area is 193 Å². The molecule has 0 radical (unpaired) electrons. The highest BCUT2D eigenvalue weighted by Gasteiger charge is 2.24. The predicted octanol–water partition coefficient (Wildman–Crippen LogP) is 5.92. The maximum Gasteiger partial charge on any atom is 0.139 e. The van der Waals surface area contributed by atoms with Crippen LogP contribution in [0.2, 0.25) is 0 Å². The minimum absolute atomic E-state index is 0.326. The van der Waals surface area contributed by atoms with Crippen LogP contribution in [0.1, 0.15) is 30.3 Å². The number of anilines is 1. The van der Waals surface area contributed by atoms with Crippen molar-refractivity contribution in [2.24, 2.45) is 0 Å². The molecule has 0 spiro atoms. The standard InChI is InChI=1S/C26H28N4OS/c1-18-28-25(27-16-23(30-14-6-7-15-30)20-8-4-3-5-9-20)24-22(17-32-26(24)29-18)19-10-12-21(31-2)13-11-19/h3-5,8-13,17,23H,6-7,14-16H2,1-2H3,(H,27,28,29). The van der Waals surface area contributed by atoms with Crippen molar-refractivity contribution in [2.75, 3.05) is 32.1 Å². The predicted molar refractivity (Wildman–Crippen MR) is 133 cm³/mol. The van der Waals surface area contributed by atoms with E-state index in [4.69, 9.17) is 14.7 Å². The van der Waals surface area contributed by atoms with Gasteiger partial charge in [0.05, 0.1) is 18.5 Å². The van der Waals surface area contributed by atoms with Gasteiger partial charge in [-0.3, -0.25) is 4.90 Å². The Morgan fingerprint density at radius 1 is 1.03 bits per heavy atom. The quantitative estimate of drug-likeness (QED) is 0.383. The summed E-state index contributed by atoms with van der Waals surface area (Å²) in [4.78, 5) is 13.1. The Kier molecular flexibility index (Phi) is 6.06. The molecule has 1 unspecified atom stereocenters. The Morgan fingerprint density at radius 2 is 1.78 bits per heavy atom. The van der Waals surface area contributed by atoms with E-state index in [1.165, 1.54) is 18.4 Å². The molecule has 1 saturated heterocycles. The lowest BCUT2D eigenvalue weighted by atomic mass is 10.0. The van der Waals surface area contributed by atoms with Gasteiger partial charge in [0.25, 0.3) is 0 Å². The lowest BCUT2D eigenvalue weighted by molar-refractivity contribution is 0.256. The summed E-state index contributed by atoms with van der Waals surface area (Å²) in [5, 5.41) is 6.99. The van der Waals surface area contributed by atoms with Gasteiger partial charge in [0.2, 0.25) is 0 Å². The molecule has 5 rings (SSSR count). The van der Waals surface area contributed by atoms with Gasteiger partial charge in [-0.05, 0) is 56.1 Å². The molecule has 4 aromatic rings. The van der Waals surface area contributed by atoms with Gasteiger partial charge in [-0.25, -0.2) is 9.97 Å². The third kappa shape index (κ3) is 4.20. The minimum Gasteiger partial charge on any atom is -0.497 e. The van der Waals surface area contributed by atoms with E-state index < -0.39 is 0 Å². The fourth-order valence-corrected chi connectivity index (χ4v) is 5.53. The zero-order chi connectivity index (χ0) is 21.9. The van der Waals surface area contributed by atoms with Gasteiger partial charge in [0, 0.05) is 17.5 Å². The van der Waals surface area contributed by atoms with Gasteiger partial charge in [-0.2, -0.15) is 0 Å². The third-order valence-electron chi connectivity index (χ3n) is 6.18.